The molecule has 2 atom stereocenters. The first-order chi connectivity index (χ1) is 8.97. The lowest BCUT2D eigenvalue weighted by molar-refractivity contribution is -0.144. The number of methoxy groups -OCH3 is 1. The van der Waals surface area contributed by atoms with E-state index in [1.54, 1.807) is 21.0 Å². The Hall–Kier alpha value is -1.88. The average molecular weight is 264 g/mol. The zero-order valence-corrected chi connectivity index (χ0v) is 11.7. The third-order valence-corrected chi connectivity index (χ3v) is 2.80. The van der Waals surface area contributed by atoms with E-state index in [2.05, 4.69) is 5.32 Å². The SMILES string of the molecule is COC(=O)C(NC(C)C(=O)N(C)C)c1ccccc1. The maximum Gasteiger partial charge on any atom is 0.327 e. The van der Waals surface area contributed by atoms with Crippen molar-refractivity contribution in [3.63, 3.8) is 0 Å². The molecule has 0 fully saturated rings. The monoisotopic (exact) mass is 264 g/mol. The lowest BCUT2D eigenvalue weighted by Gasteiger charge is -2.23. The quantitative estimate of drug-likeness (QED) is 0.805. The van der Waals surface area contributed by atoms with Gasteiger partial charge in [-0.25, -0.2) is 4.79 Å². The van der Waals surface area contributed by atoms with Crippen LogP contribution in [0, 0.1) is 0 Å². The molecule has 0 bridgehead atoms. The Morgan fingerprint density at radius 1 is 1.21 bits per heavy atom. The molecule has 5 heteroatoms. The van der Waals surface area contributed by atoms with Gasteiger partial charge < -0.3 is 9.64 Å². The van der Waals surface area contributed by atoms with Crippen LogP contribution in [0.1, 0.15) is 18.5 Å². The van der Waals surface area contributed by atoms with E-state index >= 15 is 0 Å². The third-order valence-electron chi connectivity index (χ3n) is 2.80. The fourth-order valence-electron chi connectivity index (χ4n) is 1.77. The minimum Gasteiger partial charge on any atom is -0.468 e. The molecule has 0 aliphatic carbocycles. The van der Waals surface area contributed by atoms with E-state index in [4.69, 9.17) is 4.74 Å². The highest BCUT2D eigenvalue weighted by Gasteiger charge is 2.26. The van der Waals surface area contributed by atoms with E-state index < -0.39 is 18.1 Å². The third kappa shape index (κ3) is 4.06. The first-order valence-electron chi connectivity index (χ1n) is 6.07. The smallest absolute Gasteiger partial charge is 0.327 e. The lowest BCUT2D eigenvalue weighted by atomic mass is 10.1. The largest absolute Gasteiger partial charge is 0.468 e. The molecule has 2 unspecified atom stereocenters. The van der Waals surface area contributed by atoms with E-state index in [1.807, 2.05) is 30.3 Å². The molecule has 0 aliphatic heterocycles. The van der Waals surface area contributed by atoms with Gasteiger partial charge >= 0.3 is 5.97 Å². The van der Waals surface area contributed by atoms with Crippen LogP contribution in [0.2, 0.25) is 0 Å². The molecule has 0 aliphatic rings. The summed E-state index contributed by atoms with van der Waals surface area (Å²) in [7, 11) is 4.69. The van der Waals surface area contributed by atoms with Crippen molar-refractivity contribution in [3.8, 4) is 0 Å². The Morgan fingerprint density at radius 2 is 1.79 bits per heavy atom. The number of nitrogens with zero attached hydrogens (tertiary/aromatic N) is 1. The van der Waals surface area contributed by atoms with Gasteiger partial charge in [0.2, 0.25) is 5.91 Å². The van der Waals surface area contributed by atoms with Crippen molar-refractivity contribution in [1.82, 2.24) is 10.2 Å². The summed E-state index contributed by atoms with van der Waals surface area (Å²) in [6, 6.07) is 8.07. The van der Waals surface area contributed by atoms with E-state index in [0.717, 1.165) is 5.56 Å². The standard InChI is InChI=1S/C14H20N2O3/c1-10(13(17)16(2)3)15-12(14(18)19-4)11-8-6-5-7-9-11/h5-10,12,15H,1-4H3. The van der Waals surface area contributed by atoms with E-state index in [9.17, 15) is 9.59 Å². The number of carbonyl (C=O) groups is 2. The number of hydrogen-bond donors (Lipinski definition) is 1. The predicted molar refractivity (Wildman–Crippen MR) is 72.5 cm³/mol. The number of hydrogen-bond acceptors (Lipinski definition) is 4. The molecule has 0 radical (unpaired) electrons. The lowest BCUT2D eigenvalue weighted by Crippen LogP contribution is -2.45. The molecule has 0 aromatic heterocycles. The van der Waals surface area contributed by atoms with Crippen LogP contribution in [0.3, 0.4) is 0 Å². The highest BCUT2D eigenvalue weighted by Crippen LogP contribution is 2.15. The molecule has 1 aromatic carbocycles. The maximum atomic E-state index is 11.8. The molecule has 1 amide bonds. The van der Waals surface area contributed by atoms with Crippen molar-refractivity contribution in [2.75, 3.05) is 21.2 Å². The van der Waals surface area contributed by atoms with Crippen LogP contribution in [-0.4, -0.2) is 44.0 Å². The molecule has 1 aromatic rings. The summed E-state index contributed by atoms with van der Waals surface area (Å²) in [5, 5.41) is 3.00. The van der Waals surface area contributed by atoms with Crippen LogP contribution in [0.15, 0.2) is 30.3 Å². The number of rotatable bonds is 5. The van der Waals surface area contributed by atoms with Gasteiger partial charge in [-0.2, -0.15) is 0 Å². The minimum absolute atomic E-state index is 0.0927. The van der Waals surface area contributed by atoms with Crippen LogP contribution < -0.4 is 5.32 Å². The summed E-state index contributed by atoms with van der Waals surface area (Å²) >= 11 is 0. The van der Waals surface area contributed by atoms with Crippen molar-refractivity contribution < 1.29 is 14.3 Å². The summed E-state index contributed by atoms with van der Waals surface area (Å²) < 4.78 is 4.78. The number of nitrogens with one attached hydrogen (secondary N) is 1. The fourth-order valence-corrected chi connectivity index (χ4v) is 1.77. The fraction of sp³-hybridized carbons (Fsp3) is 0.429. The topological polar surface area (TPSA) is 58.6 Å². The first kappa shape index (κ1) is 15.2. The molecule has 104 valence electrons. The highest BCUT2D eigenvalue weighted by atomic mass is 16.5. The van der Waals surface area contributed by atoms with Gasteiger partial charge in [-0.3, -0.25) is 10.1 Å². The Morgan fingerprint density at radius 3 is 2.26 bits per heavy atom. The highest BCUT2D eigenvalue weighted by molar-refractivity contribution is 5.83. The second kappa shape index (κ2) is 6.89. The second-order valence-corrected chi connectivity index (χ2v) is 4.49. The molecule has 1 N–H and O–H groups in total. The normalized spacial score (nSPS) is 13.5. The number of likely N-dealkylation sites (N-methyl/N-ethyl adjacent to an activating group) is 1. The van der Waals surface area contributed by atoms with E-state index in [0.29, 0.717) is 0 Å². The number of ether oxygens (including phenoxy) is 1. The molecule has 5 nitrogen and oxygen atoms in total. The zero-order chi connectivity index (χ0) is 14.4. The van der Waals surface area contributed by atoms with Gasteiger partial charge in [0.05, 0.1) is 13.2 Å². The van der Waals surface area contributed by atoms with Crippen molar-refractivity contribution in [2.45, 2.75) is 19.0 Å². The van der Waals surface area contributed by atoms with E-state index in [1.165, 1.54) is 12.0 Å². The summed E-state index contributed by atoms with van der Waals surface area (Å²) in [4.78, 5) is 25.1. The Kier molecular flexibility index (Phi) is 5.51. The Labute approximate surface area is 113 Å². The summed E-state index contributed by atoms with van der Waals surface area (Å²) in [6.45, 7) is 1.72. The van der Waals surface area contributed by atoms with Crippen molar-refractivity contribution in [1.29, 1.82) is 0 Å². The number of carbonyl (C=O) groups excluding carboxylic acids is 2. The Balaban J connectivity index is 2.88. The summed E-state index contributed by atoms with van der Waals surface area (Å²) in [5.41, 5.74) is 0.771. The van der Waals surface area contributed by atoms with Gasteiger partial charge in [0.1, 0.15) is 6.04 Å². The van der Waals surface area contributed by atoms with Gasteiger partial charge in [-0.1, -0.05) is 30.3 Å². The number of benzene rings is 1. The number of esters is 1. The van der Waals surface area contributed by atoms with Gasteiger partial charge in [0.25, 0.3) is 0 Å². The average Bonchev–Trinajstić information content (AvgIpc) is 2.43. The summed E-state index contributed by atoms with van der Waals surface area (Å²) in [6.07, 6.45) is 0. The van der Waals surface area contributed by atoms with Crippen LogP contribution in [0.4, 0.5) is 0 Å². The molecule has 0 saturated carbocycles. The van der Waals surface area contributed by atoms with Gasteiger partial charge in [0.15, 0.2) is 0 Å². The molecule has 0 saturated heterocycles. The van der Waals surface area contributed by atoms with Crippen LogP contribution in [-0.2, 0) is 14.3 Å². The number of amides is 1. The van der Waals surface area contributed by atoms with Crippen LogP contribution in [0.5, 0.6) is 0 Å². The van der Waals surface area contributed by atoms with Gasteiger partial charge in [-0.05, 0) is 12.5 Å². The van der Waals surface area contributed by atoms with Crippen molar-refractivity contribution >= 4 is 11.9 Å². The van der Waals surface area contributed by atoms with Crippen LogP contribution >= 0.6 is 0 Å². The molecular formula is C14H20N2O3. The zero-order valence-electron chi connectivity index (χ0n) is 11.7. The minimum atomic E-state index is -0.648. The van der Waals surface area contributed by atoms with E-state index in [-0.39, 0.29) is 5.91 Å². The maximum absolute atomic E-state index is 11.8. The molecule has 0 heterocycles. The van der Waals surface area contributed by atoms with Crippen molar-refractivity contribution in [3.05, 3.63) is 35.9 Å². The van der Waals surface area contributed by atoms with Crippen LogP contribution in [0.25, 0.3) is 0 Å². The Bertz CT molecular complexity index is 432. The first-order valence-corrected chi connectivity index (χ1v) is 6.07. The second-order valence-electron chi connectivity index (χ2n) is 4.49. The predicted octanol–water partition coefficient (Wildman–Crippen LogP) is 0.967. The molecule has 1 rings (SSSR count). The van der Waals surface area contributed by atoms with Crippen molar-refractivity contribution in [2.24, 2.45) is 0 Å². The molecule has 0 spiro atoms. The van der Waals surface area contributed by atoms with Gasteiger partial charge in [0, 0.05) is 14.1 Å². The van der Waals surface area contributed by atoms with Gasteiger partial charge in [-0.15, -0.1) is 0 Å². The molecule has 19 heavy (non-hydrogen) atoms. The summed E-state index contributed by atoms with van der Waals surface area (Å²) in [5.74, 6) is -0.505. The molecular weight excluding hydrogens is 244 g/mol.